The first-order valence-electron chi connectivity index (χ1n) is 5.92. The van der Waals surface area contributed by atoms with Gasteiger partial charge in [-0.15, -0.1) is 12.4 Å². The molecule has 0 heterocycles. The van der Waals surface area contributed by atoms with Crippen LogP contribution in [0.3, 0.4) is 0 Å². The fourth-order valence-electron chi connectivity index (χ4n) is 1.65. The molecule has 5 nitrogen and oxygen atoms in total. The van der Waals surface area contributed by atoms with Gasteiger partial charge in [-0.05, 0) is 5.56 Å². The van der Waals surface area contributed by atoms with Crippen molar-refractivity contribution in [3.05, 3.63) is 35.9 Å². The second kappa shape index (κ2) is 9.35. The van der Waals surface area contributed by atoms with Crippen LogP contribution in [0.25, 0.3) is 0 Å². The molecule has 1 atom stereocenters. The van der Waals surface area contributed by atoms with Crippen LogP contribution in [0.2, 0.25) is 0 Å². The van der Waals surface area contributed by atoms with Gasteiger partial charge >= 0.3 is 0 Å². The number of nitrogens with one attached hydrogen (secondary N) is 2. The first-order valence-corrected chi connectivity index (χ1v) is 5.92. The van der Waals surface area contributed by atoms with Gasteiger partial charge in [0.25, 0.3) is 0 Å². The van der Waals surface area contributed by atoms with Crippen molar-refractivity contribution < 1.29 is 9.59 Å². The van der Waals surface area contributed by atoms with E-state index in [-0.39, 0.29) is 36.7 Å². The summed E-state index contributed by atoms with van der Waals surface area (Å²) in [4.78, 5) is 22.8. The lowest BCUT2D eigenvalue weighted by Crippen LogP contribution is -2.34. The van der Waals surface area contributed by atoms with Gasteiger partial charge in [-0.1, -0.05) is 30.3 Å². The molecular weight excluding hydrogens is 266 g/mol. The second-order valence-corrected chi connectivity index (χ2v) is 4.01. The van der Waals surface area contributed by atoms with Gasteiger partial charge in [-0.3, -0.25) is 9.59 Å². The third kappa shape index (κ3) is 6.79. The Bertz CT molecular complexity index is 398. The van der Waals surface area contributed by atoms with E-state index in [0.29, 0.717) is 13.1 Å². The van der Waals surface area contributed by atoms with E-state index in [1.165, 1.54) is 6.92 Å². The molecule has 0 aliphatic carbocycles. The normalized spacial score (nSPS) is 11.1. The Hall–Kier alpha value is -1.59. The molecule has 19 heavy (non-hydrogen) atoms. The first-order chi connectivity index (χ1) is 8.63. The zero-order valence-electron chi connectivity index (χ0n) is 10.9. The number of rotatable bonds is 6. The van der Waals surface area contributed by atoms with Crippen molar-refractivity contribution in [3.63, 3.8) is 0 Å². The summed E-state index contributed by atoms with van der Waals surface area (Å²) in [6.07, 6.45) is 0.212. The maximum atomic E-state index is 11.6. The number of hydrogen-bond acceptors (Lipinski definition) is 3. The molecule has 0 aliphatic heterocycles. The van der Waals surface area contributed by atoms with Gasteiger partial charge in [0, 0.05) is 20.0 Å². The van der Waals surface area contributed by atoms with Crippen LogP contribution < -0.4 is 16.4 Å². The lowest BCUT2D eigenvalue weighted by molar-refractivity contribution is -0.122. The molecule has 0 saturated heterocycles. The Morgan fingerprint density at radius 1 is 1.26 bits per heavy atom. The molecule has 0 spiro atoms. The molecular formula is C13H20ClN3O2. The summed E-state index contributed by atoms with van der Waals surface area (Å²) in [5.74, 6) is -0.279. The van der Waals surface area contributed by atoms with E-state index in [2.05, 4.69) is 10.6 Å². The molecule has 0 radical (unpaired) electrons. The second-order valence-electron chi connectivity index (χ2n) is 4.01. The Morgan fingerprint density at radius 3 is 2.42 bits per heavy atom. The summed E-state index contributed by atoms with van der Waals surface area (Å²) in [6.45, 7) is 2.29. The van der Waals surface area contributed by atoms with E-state index < -0.39 is 0 Å². The van der Waals surface area contributed by atoms with Crippen LogP contribution >= 0.6 is 12.4 Å². The first kappa shape index (κ1) is 17.4. The Morgan fingerprint density at radius 2 is 1.89 bits per heavy atom. The van der Waals surface area contributed by atoms with Crippen LogP contribution in [-0.2, 0) is 9.59 Å². The van der Waals surface area contributed by atoms with Crippen LogP contribution in [0.15, 0.2) is 30.3 Å². The maximum absolute atomic E-state index is 11.6. The van der Waals surface area contributed by atoms with Crippen molar-refractivity contribution in [2.24, 2.45) is 5.73 Å². The van der Waals surface area contributed by atoms with Gasteiger partial charge in [0.15, 0.2) is 0 Å². The topological polar surface area (TPSA) is 84.2 Å². The highest BCUT2D eigenvalue weighted by Crippen LogP contribution is 2.16. The van der Waals surface area contributed by atoms with E-state index in [9.17, 15) is 9.59 Å². The number of benzene rings is 1. The lowest BCUT2D eigenvalue weighted by Gasteiger charge is -2.17. The minimum atomic E-state index is -0.304. The lowest BCUT2D eigenvalue weighted by atomic mass is 10.0. The minimum absolute atomic E-state index is 0. The summed E-state index contributed by atoms with van der Waals surface area (Å²) in [6, 6.07) is 9.11. The molecule has 1 aromatic rings. The number of amides is 2. The molecule has 4 N–H and O–H groups in total. The van der Waals surface area contributed by atoms with Gasteiger partial charge in [0.05, 0.1) is 12.5 Å². The fraction of sp³-hybridized carbons (Fsp3) is 0.385. The van der Waals surface area contributed by atoms with Gasteiger partial charge in [0.1, 0.15) is 0 Å². The monoisotopic (exact) mass is 285 g/mol. The van der Waals surface area contributed by atoms with Gasteiger partial charge in [-0.2, -0.15) is 0 Å². The highest BCUT2D eigenvalue weighted by Gasteiger charge is 2.16. The number of carbonyl (C=O) groups is 2. The highest BCUT2D eigenvalue weighted by atomic mass is 35.5. The van der Waals surface area contributed by atoms with Crippen molar-refractivity contribution >= 4 is 24.2 Å². The van der Waals surface area contributed by atoms with Gasteiger partial charge in [0.2, 0.25) is 11.8 Å². The zero-order chi connectivity index (χ0) is 13.4. The largest absolute Gasteiger partial charge is 0.355 e. The van der Waals surface area contributed by atoms with Gasteiger partial charge < -0.3 is 16.4 Å². The molecule has 0 fully saturated rings. The van der Waals surface area contributed by atoms with E-state index in [1.807, 2.05) is 30.3 Å². The van der Waals surface area contributed by atoms with Crippen LogP contribution in [-0.4, -0.2) is 24.9 Å². The molecule has 0 aliphatic rings. The summed E-state index contributed by atoms with van der Waals surface area (Å²) in [5.41, 5.74) is 6.23. The zero-order valence-corrected chi connectivity index (χ0v) is 11.7. The smallest absolute Gasteiger partial charge is 0.222 e. The Kier molecular flexibility index (Phi) is 8.57. The molecule has 1 rings (SSSR count). The summed E-state index contributed by atoms with van der Waals surface area (Å²) in [7, 11) is 0. The minimum Gasteiger partial charge on any atom is -0.355 e. The third-order valence-corrected chi connectivity index (χ3v) is 2.44. The SMILES string of the molecule is CC(=O)NC(CC(=O)NCCN)c1ccccc1.Cl. The summed E-state index contributed by atoms with van der Waals surface area (Å²) >= 11 is 0. The third-order valence-electron chi connectivity index (χ3n) is 2.44. The predicted octanol–water partition coefficient (Wildman–Crippen LogP) is 0.751. The van der Waals surface area contributed by atoms with Crippen molar-refractivity contribution in [1.82, 2.24) is 10.6 Å². The number of hydrogen-bond donors (Lipinski definition) is 3. The number of nitrogens with two attached hydrogens (primary N) is 1. The highest BCUT2D eigenvalue weighted by molar-refractivity contribution is 5.85. The van der Waals surface area contributed by atoms with Crippen LogP contribution in [0.4, 0.5) is 0 Å². The average molecular weight is 286 g/mol. The molecule has 1 aromatic carbocycles. The van der Waals surface area contributed by atoms with Crippen LogP contribution in [0, 0.1) is 0 Å². The van der Waals surface area contributed by atoms with Crippen molar-refractivity contribution in [3.8, 4) is 0 Å². The van der Waals surface area contributed by atoms with Crippen molar-refractivity contribution in [2.45, 2.75) is 19.4 Å². The van der Waals surface area contributed by atoms with E-state index in [1.54, 1.807) is 0 Å². The molecule has 0 bridgehead atoms. The van der Waals surface area contributed by atoms with Crippen LogP contribution in [0.5, 0.6) is 0 Å². The molecule has 106 valence electrons. The Balaban J connectivity index is 0.00000324. The standard InChI is InChI=1S/C13H19N3O2.ClH/c1-10(17)16-12(9-13(18)15-8-7-14)11-5-3-2-4-6-11;/h2-6,12H,7-9,14H2,1H3,(H,15,18)(H,16,17);1H. The van der Waals surface area contributed by atoms with E-state index in [4.69, 9.17) is 5.73 Å². The fourth-order valence-corrected chi connectivity index (χ4v) is 1.65. The number of halogens is 1. The van der Waals surface area contributed by atoms with Crippen molar-refractivity contribution in [2.75, 3.05) is 13.1 Å². The van der Waals surface area contributed by atoms with Crippen molar-refractivity contribution in [1.29, 1.82) is 0 Å². The quantitative estimate of drug-likeness (QED) is 0.721. The predicted molar refractivity (Wildman–Crippen MR) is 76.9 cm³/mol. The average Bonchev–Trinajstić information content (AvgIpc) is 2.36. The van der Waals surface area contributed by atoms with E-state index >= 15 is 0 Å². The Labute approximate surface area is 119 Å². The molecule has 0 aromatic heterocycles. The van der Waals surface area contributed by atoms with E-state index in [0.717, 1.165) is 5.56 Å². The van der Waals surface area contributed by atoms with Crippen LogP contribution in [0.1, 0.15) is 24.9 Å². The maximum Gasteiger partial charge on any atom is 0.222 e. The molecule has 2 amide bonds. The molecule has 1 unspecified atom stereocenters. The molecule has 6 heteroatoms. The molecule has 0 saturated carbocycles. The summed E-state index contributed by atoms with van der Waals surface area (Å²) < 4.78 is 0. The summed E-state index contributed by atoms with van der Waals surface area (Å²) in [5, 5.41) is 5.46. The number of carbonyl (C=O) groups excluding carboxylic acids is 2. The van der Waals surface area contributed by atoms with Gasteiger partial charge in [-0.25, -0.2) is 0 Å².